The summed E-state index contributed by atoms with van der Waals surface area (Å²) >= 11 is 12.1. The van der Waals surface area contributed by atoms with Crippen LogP contribution in [0, 0.1) is 0 Å². The summed E-state index contributed by atoms with van der Waals surface area (Å²) in [6.07, 6.45) is 1.08. The lowest BCUT2D eigenvalue weighted by molar-refractivity contribution is 0.607. The lowest BCUT2D eigenvalue weighted by atomic mass is 10.0. The average molecular weight is 282 g/mol. The predicted octanol–water partition coefficient (Wildman–Crippen LogP) is 3.49. The SMILES string of the molecule is CC(C)c1c(Cl)ccc(NS(C)(=O)=O)c1Cl. The molecule has 3 nitrogen and oxygen atoms in total. The van der Waals surface area contributed by atoms with Gasteiger partial charge in [0, 0.05) is 5.02 Å². The number of rotatable bonds is 3. The fourth-order valence-electron chi connectivity index (χ4n) is 1.38. The van der Waals surface area contributed by atoms with Gasteiger partial charge in [-0.2, -0.15) is 0 Å². The molecule has 0 saturated carbocycles. The Hall–Kier alpha value is -0.450. The molecule has 0 aliphatic heterocycles. The van der Waals surface area contributed by atoms with Gasteiger partial charge in [0.15, 0.2) is 0 Å². The topological polar surface area (TPSA) is 46.2 Å². The third-order valence-electron chi connectivity index (χ3n) is 2.00. The third kappa shape index (κ3) is 3.27. The van der Waals surface area contributed by atoms with E-state index in [1.54, 1.807) is 12.1 Å². The second-order valence-electron chi connectivity index (χ2n) is 3.85. The fourth-order valence-corrected chi connectivity index (χ4v) is 2.86. The van der Waals surface area contributed by atoms with Crippen LogP contribution in [0.5, 0.6) is 0 Å². The Morgan fingerprint density at radius 2 is 1.81 bits per heavy atom. The molecule has 1 aromatic rings. The Balaban J connectivity index is 3.29. The number of sulfonamides is 1. The second-order valence-corrected chi connectivity index (χ2v) is 6.39. The van der Waals surface area contributed by atoms with Gasteiger partial charge in [-0.05, 0) is 23.6 Å². The molecule has 1 aromatic carbocycles. The Morgan fingerprint density at radius 3 is 2.25 bits per heavy atom. The summed E-state index contributed by atoms with van der Waals surface area (Å²) in [5.74, 6) is 0.126. The van der Waals surface area contributed by atoms with Crippen molar-refractivity contribution in [3.05, 3.63) is 27.7 Å². The summed E-state index contributed by atoms with van der Waals surface area (Å²) in [5.41, 5.74) is 1.11. The molecular weight excluding hydrogens is 269 g/mol. The van der Waals surface area contributed by atoms with E-state index in [1.807, 2.05) is 13.8 Å². The van der Waals surface area contributed by atoms with E-state index in [4.69, 9.17) is 23.2 Å². The number of anilines is 1. The molecule has 1 rings (SSSR count). The minimum absolute atomic E-state index is 0.126. The number of hydrogen-bond donors (Lipinski definition) is 1. The minimum Gasteiger partial charge on any atom is -0.282 e. The standard InChI is InChI=1S/C10H13Cl2NO2S/c1-6(2)9-7(11)4-5-8(10(9)12)13-16(3,14)15/h4-6,13H,1-3H3. The molecule has 0 saturated heterocycles. The van der Waals surface area contributed by atoms with Crippen molar-refractivity contribution >= 4 is 38.9 Å². The number of halogens is 2. The van der Waals surface area contributed by atoms with E-state index in [-0.39, 0.29) is 5.92 Å². The van der Waals surface area contributed by atoms with Crippen molar-refractivity contribution in [1.29, 1.82) is 0 Å². The van der Waals surface area contributed by atoms with Crippen LogP contribution < -0.4 is 4.72 Å². The molecule has 0 unspecified atom stereocenters. The molecule has 0 aliphatic rings. The van der Waals surface area contributed by atoms with Crippen molar-refractivity contribution in [3.8, 4) is 0 Å². The van der Waals surface area contributed by atoms with Gasteiger partial charge < -0.3 is 0 Å². The molecule has 16 heavy (non-hydrogen) atoms. The lowest BCUT2D eigenvalue weighted by Gasteiger charge is -2.14. The van der Waals surface area contributed by atoms with Gasteiger partial charge >= 0.3 is 0 Å². The normalized spacial score (nSPS) is 11.9. The molecule has 0 amide bonds. The first-order chi connectivity index (χ1) is 7.22. The van der Waals surface area contributed by atoms with Crippen molar-refractivity contribution in [3.63, 3.8) is 0 Å². The predicted molar refractivity (Wildman–Crippen MR) is 69.0 cm³/mol. The molecule has 0 bridgehead atoms. The van der Waals surface area contributed by atoms with E-state index >= 15 is 0 Å². The smallest absolute Gasteiger partial charge is 0.229 e. The first-order valence-corrected chi connectivity index (χ1v) is 7.33. The van der Waals surface area contributed by atoms with E-state index in [9.17, 15) is 8.42 Å². The molecular formula is C10H13Cl2NO2S. The second kappa shape index (κ2) is 4.82. The molecule has 0 radical (unpaired) electrons. The van der Waals surface area contributed by atoms with E-state index in [2.05, 4.69) is 4.72 Å². The van der Waals surface area contributed by atoms with Gasteiger partial charge in [-0.15, -0.1) is 0 Å². The van der Waals surface area contributed by atoms with Crippen LogP contribution in [0.1, 0.15) is 25.3 Å². The first kappa shape index (κ1) is 13.6. The van der Waals surface area contributed by atoms with Gasteiger partial charge in [0.25, 0.3) is 0 Å². The largest absolute Gasteiger partial charge is 0.282 e. The zero-order valence-corrected chi connectivity index (χ0v) is 11.5. The highest BCUT2D eigenvalue weighted by molar-refractivity contribution is 7.92. The highest BCUT2D eigenvalue weighted by Gasteiger charge is 2.15. The Bertz CT molecular complexity index is 498. The number of hydrogen-bond acceptors (Lipinski definition) is 2. The first-order valence-electron chi connectivity index (χ1n) is 4.68. The summed E-state index contributed by atoms with van der Waals surface area (Å²) < 4.78 is 24.6. The van der Waals surface area contributed by atoms with Gasteiger partial charge in [0.1, 0.15) is 0 Å². The van der Waals surface area contributed by atoms with Crippen LogP contribution in [0.2, 0.25) is 10.0 Å². The van der Waals surface area contributed by atoms with E-state index < -0.39 is 10.0 Å². The van der Waals surface area contributed by atoms with Gasteiger partial charge in [-0.3, -0.25) is 4.72 Å². The maximum Gasteiger partial charge on any atom is 0.229 e. The maximum absolute atomic E-state index is 11.1. The van der Waals surface area contributed by atoms with Crippen molar-refractivity contribution in [2.75, 3.05) is 11.0 Å². The van der Waals surface area contributed by atoms with Crippen LogP contribution in [-0.2, 0) is 10.0 Å². The average Bonchev–Trinajstić information content (AvgIpc) is 2.07. The zero-order valence-electron chi connectivity index (χ0n) is 9.21. The van der Waals surface area contributed by atoms with Gasteiger partial charge in [-0.1, -0.05) is 37.0 Å². The number of nitrogens with one attached hydrogen (secondary N) is 1. The van der Waals surface area contributed by atoms with Crippen LogP contribution in [0.15, 0.2) is 12.1 Å². The fraction of sp³-hybridized carbons (Fsp3) is 0.400. The minimum atomic E-state index is -3.33. The summed E-state index contributed by atoms with van der Waals surface area (Å²) in [6, 6.07) is 3.19. The summed E-state index contributed by atoms with van der Waals surface area (Å²) in [4.78, 5) is 0. The quantitative estimate of drug-likeness (QED) is 0.922. The van der Waals surface area contributed by atoms with Crippen LogP contribution >= 0.6 is 23.2 Å². The van der Waals surface area contributed by atoms with Crippen LogP contribution in [0.4, 0.5) is 5.69 Å². The van der Waals surface area contributed by atoms with E-state index in [0.29, 0.717) is 15.7 Å². The molecule has 0 aliphatic carbocycles. The summed E-state index contributed by atoms with van der Waals surface area (Å²) in [6.45, 7) is 3.88. The highest BCUT2D eigenvalue weighted by atomic mass is 35.5. The molecule has 6 heteroatoms. The van der Waals surface area contributed by atoms with Crippen molar-refractivity contribution in [1.82, 2.24) is 0 Å². The molecule has 0 aromatic heterocycles. The highest BCUT2D eigenvalue weighted by Crippen LogP contribution is 2.36. The third-order valence-corrected chi connectivity index (χ3v) is 3.33. The van der Waals surface area contributed by atoms with Gasteiger partial charge in [-0.25, -0.2) is 8.42 Å². The molecule has 0 heterocycles. The monoisotopic (exact) mass is 281 g/mol. The maximum atomic E-state index is 11.1. The van der Waals surface area contributed by atoms with E-state index in [1.165, 1.54) is 0 Å². The van der Waals surface area contributed by atoms with Gasteiger partial charge in [0.05, 0.1) is 17.0 Å². The lowest BCUT2D eigenvalue weighted by Crippen LogP contribution is -2.10. The van der Waals surface area contributed by atoms with Crippen LogP contribution in [-0.4, -0.2) is 14.7 Å². The van der Waals surface area contributed by atoms with Crippen LogP contribution in [0.3, 0.4) is 0 Å². The molecule has 0 spiro atoms. The van der Waals surface area contributed by atoms with Crippen molar-refractivity contribution in [2.45, 2.75) is 19.8 Å². The van der Waals surface area contributed by atoms with Crippen molar-refractivity contribution in [2.24, 2.45) is 0 Å². The van der Waals surface area contributed by atoms with E-state index in [0.717, 1.165) is 11.8 Å². The number of benzene rings is 1. The zero-order chi connectivity index (χ0) is 12.5. The molecule has 90 valence electrons. The van der Waals surface area contributed by atoms with Crippen molar-refractivity contribution < 1.29 is 8.42 Å². The molecule has 0 atom stereocenters. The summed E-state index contributed by atoms with van der Waals surface area (Å²) in [7, 11) is -3.33. The van der Waals surface area contributed by atoms with Crippen LogP contribution in [0.25, 0.3) is 0 Å². The Kier molecular flexibility index (Phi) is 4.10. The molecule has 0 fully saturated rings. The summed E-state index contributed by atoms with van der Waals surface area (Å²) in [5, 5.41) is 0.895. The van der Waals surface area contributed by atoms with Gasteiger partial charge in [0.2, 0.25) is 10.0 Å². The molecule has 1 N–H and O–H groups in total. The Morgan fingerprint density at radius 1 is 1.25 bits per heavy atom. The Labute approximate surface area is 106 Å².